The van der Waals surface area contributed by atoms with Crippen molar-refractivity contribution in [1.82, 2.24) is 40.2 Å². The van der Waals surface area contributed by atoms with Crippen molar-refractivity contribution in [2.75, 3.05) is 75.1 Å². The molecule has 3 fully saturated rings. The largest absolute Gasteiger partial charge is 0.444 e. The minimum Gasteiger partial charge on any atom is -0.444 e. The smallest absolute Gasteiger partial charge is 0.277 e. The van der Waals surface area contributed by atoms with Gasteiger partial charge in [-0.2, -0.15) is 5.10 Å². The number of pyridine rings is 1. The van der Waals surface area contributed by atoms with Gasteiger partial charge in [0.05, 0.1) is 55.1 Å². The van der Waals surface area contributed by atoms with E-state index in [1.807, 2.05) is 30.3 Å². The van der Waals surface area contributed by atoms with E-state index in [1.165, 1.54) is 30.0 Å². The highest BCUT2D eigenvalue weighted by Gasteiger charge is 2.46. The summed E-state index contributed by atoms with van der Waals surface area (Å²) in [5.41, 5.74) is 9.13. The standard InChI is InChI=1S/C48H54N12O9/c49-43(62)42-36(54-44(63)37-28-69-46(55-37)31-12-15-51-39(24-31)52-26-30-4-5-30)27-59(57-42)33-8-6-29(7-9-33)25-50-16-20-67-22-23-68-21-19-58-17-13-32(14-18-58)53-35-3-1-2-34-41(35)48(66)60(47(34)65)38-10-11-40(61)56-45(38)64/h1-3,6-9,12,15,24,27-28,30,32,38,50,53H,4-5,10-11,13-14,16-23,25-26H2,(H2,49,62)(H,51,52)(H,54,63)(H,56,61,64). The Bertz CT molecular complexity index is 2710. The summed E-state index contributed by atoms with van der Waals surface area (Å²) in [4.78, 5) is 88.3. The van der Waals surface area contributed by atoms with Crippen LogP contribution >= 0.6 is 0 Å². The molecule has 2 aromatic carbocycles. The number of oxazole rings is 1. The molecule has 1 unspecified atom stereocenters. The lowest BCUT2D eigenvalue weighted by Gasteiger charge is -2.33. The number of rotatable bonds is 22. The van der Waals surface area contributed by atoms with E-state index < -0.39 is 41.5 Å². The summed E-state index contributed by atoms with van der Waals surface area (Å²) < 4.78 is 18.7. The number of nitrogens with one attached hydrogen (secondary N) is 5. The summed E-state index contributed by atoms with van der Waals surface area (Å²) in [5, 5.41) is 19.4. The number of piperidine rings is 2. The molecule has 21 heteroatoms. The maximum absolute atomic E-state index is 13.5. The van der Waals surface area contributed by atoms with E-state index in [9.17, 15) is 28.8 Å². The Hall–Kier alpha value is -7.33. The molecule has 0 bridgehead atoms. The van der Waals surface area contributed by atoms with Crippen molar-refractivity contribution >= 4 is 52.6 Å². The first kappa shape index (κ1) is 46.8. The Kier molecular flexibility index (Phi) is 14.4. The van der Waals surface area contributed by atoms with Gasteiger partial charge in [0.1, 0.15) is 18.1 Å². The van der Waals surface area contributed by atoms with Gasteiger partial charge in [0.2, 0.25) is 17.7 Å². The van der Waals surface area contributed by atoms with Crippen LogP contribution in [0.4, 0.5) is 17.2 Å². The van der Waals surface area contributed by atoms with Crippen LogP contribution in [0.25, 0.3) is 17.1 Å². The molecule has 360 valence electrons. The molecule has 0 spiro atoms. The average Bonchev–Trinajstić information content (AvgIpc) is 3.75. The molecular formula is C48H54N12O9. The number of amides is 6. The monoisotopic (exact) mass is 942 g/mol. The van der Waals surface area contributed by atoms with Crippen LogP contribution in [0.15, 0.2) is 77.7 Å². The SMILES string of the molecule is NC(=O)c1nn(-c2ccc(CNCCOCCOCCN3CCC(Nc4cccc5c4C(=O)N(C4CCC(=O)NC4=O)C5=O)CC3)cc2)cc1NC(=O)c1coc(-c2ccnc(NCC3CC3)c2)n1. The summed E-state index contributed by atoms with van der Waals surface area (Å²) in [5.74, 6) is -1.83. The van der Waals surface area contributed by atoms with E-state index in [1.54, 1.807) is 30.5 Å². The van der Waals surface area contributed by atoms with E-state index in [4.69, 9.17) is 19.6 Å². The molecule has 0 radical (unpaired) electrons. The second-order valence-electron chi connectivity index (χ2n) is 17.4. The van der Waals surface area contributed by atoms with E-state index >= 15 is 0 Å². The number of hydrogen-bond donors (Lipinski definition) is 6. The van der Waals surface area contributed by atoms with Gasteiger partial charge >= 0.3 is 0 Å². The van der Waals surface area contributed by atoms with Crippen molar-refractivity contribution in [3.63, 3.8) is 0 Å². The topological polar surface area (TPSA) is 270 Å². The normalized spacial score (nSPS) is 17.5. The maximum atomic E-state index is 13.5. The van der Waals surface area contributed by atoms with Crippen LogP contribution in [-0.2, 0) is 25.6 Å². The Morgan fingerprint density at radius 1 is 0.899 bits per heavy atom. The predicted molar refractivity (Wildman–Crippen MR) is 251 cm³/mol. The van der Waals surface area contributed by atoms with Gasteiger partial charge < -0.3 is 45.8 Å². The first-order valence-electron chi connectivity index (χ1n) is 23.2. The fourth-order valence-electron chi connectivity index (χ4n) is 8.52. The molecule has 69 heavy (non-hydrogen) atoms. The quantitative estimate of drug-likeness (QED) is 0.0430. The van der Waals surface area contributed by atoms with Gasteiger partial charge in [-0.1, -0.05) is 18.2 Å². The van der Waals surface area contributed by atoms with Crippen LogP contribution in [0.2, 0.25) is 0 Å². The van der Waals surface area contributed by atoms with Gasteiger partial charge in [-0.3, -0.25) is 39.0 Å². The molecule has 3 aromatic heterocycles. The number of imide groups is 2. The van der Waals surface area contributed by atoms with E-state index in [0.29, 0.717) is 68.2 Å². The van der Waals surface area contributed by atoms with Crippen molar-refractivity contribution in [3.05, 3.63) is 101 Å². The Morgan fingerprint density at radius 3 is 2.46 bits per heavy atom. The number of benzene rings is 2. The lowest BCUT2D eigenvalue weighted by Crippen LogP contribution is -2.54. The number of hydrogen-bond acceptors (Lipinski definition) is 16. The molecule has 9 rings (SSSR count). The van der Waals surface area contributed by atoms with Crippen LogP contribution < -0.4 is 32.3 Å². The van der Waals surface area contributed by atoms with Crippen LogP contribution in [0, 0.1) is 5.92 Å². The molecule has 1 saturated carbocycles. The van der Waals surface area contributed by atoms with E-state index in [2.05, 4.69) is 46.6 Å². The van der Waals surface area contributed by atoms with E-state index in [-0.39, 0.29) is 53.0 Å². The van der Waals surface area contributed by atoms with Gasteiger partial charge in [-0.05, 0) is 80.0 Å². The third kappa shape index (κ3) is 11.3. The molecule has 5 aromatic rings. The predicted octanol–water partition coefficient (Wildman–Crippen LogP) is 3.20. The lowest BCUT2D eigenvalue weighted by atomic mass is 10.0. The molecular weight excluding hydrogens is 889 g/mol. The first-order chi connectivity index (χ1) is 33.6. The first-order valence-corrected chi connectivity index (χ1v) is 23.2. The number of carbonyl (C=O) groups is 6. The van der Waals surface area contributed by atoms with Crippen LogP contribution in [0.5, 0.6) is 0 Å². The van der Waals surface area contributed by atoms with Crippen molar-refractivity contribution in [1.29, 1.82) is 0 Å². The average molecular weight is 943 g/mol. The Labute approximate surface area is 396 Å². The molecule has 6 amide bonds. The summed E-state index contributed by atoms with van der Waals surface area (Å²) in [7, 11) is 0. The Balaban J connectivity index is 0.641. The summed E-state index contributed by atoms with van der Waals surface area (Å²) in [6.45, 7) is 6.59. The molecule has 3 aliphatic heterocycles. The van der Waals surface area contributed by atoms with Crippen molar-refractivity contribution < 1.29 is 42.7 Å². The number of likely N-dealkylation sites (tertiary alicyclic amines) is 1. The molecule has 7 N–H and O–H groups in total. The highest BCUT2D eigenvalue weighted by atomic mass is 16.5. The molecule has 21 nitrogen and oxygen atoms in total. The van der Waals surface area contributed by atoms with Crippen LogP contribution in [-0.4, -0.2) is 136 Å². The third-order valence-corrected chi connectivity index (χ3v) is 12.5. The number of ether oxygens (including phenoxy) is 2. The molecule has 2 saturated heterocycles. The fraction of sp³-hybridized carbons (Fsp3) is 0.396. The van der Waals surface area contributed by atoms with Crippen molar-refractivity contribution in [3.8, 4) is 17.1 Å². The van der Waals surface area contributed by atoms with Crippen molar-refractivity contribution in [2.24, 2.45) is 11.7 Å². The number of aromatic nitrogens is 4. The lowest BCUT2D eigenvalue weighted by molar-refractivity contribution is -0.136. The number of fused-ring (bicyclic) bond motifs is 1. The number of primary amides is 1. The number of anilines is 3. The zero-order valence-corrected chi connectivity index (χ0v) is 37.9. The van der Waals surface area contributed by atoms with Gasteiger partial charge in [-0.25, -0.2) is 14.6 Å². The second-order valence-corrected chi connectivity index (χ2v) is 17.4. The molecule has 1 aliphatic carbocycles. The highest BCUT2D eigenvalue weighted by Crippen LogP contribution is 2.34. The molecule has 1 atom stereocenters. The Morgan fingerprint density at radius 2 is 1.70 bits per heavy atom. The summed E-state index contributed by atoms with van der Waals surface area (Å²) in [6.07, 6.45) is 8.72. The van der Waals surface area contributed by atoms with Crippen LogP contribution in [0.1, 0.15) is 85.8 Å². The summed E-state index contributed by atoms with van der Waals surface area (Å²) in [6, 6.07) is 15.4. The fourth-order valence-corrected chi connectivity index (χ4v) is 8.52. The maximum Gasteiger partial charge on any atom is 0.277 e. The minimum absolute atomic E-state index is 0.0179. The van der Waals surface area contributed by atoms with E-state index in [0.717, 1.165) is 49.5 Å². The van der Waals surface area contributed by atoms with Crippen LogP contribution in [0.3, 0.4) is 0 Å². The molecule has 4 aliphatic rings. The van der Waals surface area contributed by atoms with Gasteiger partial charge in [0.25, 0.3) is 23.6 Å². The minimum atomic E-state index is -1.00. The second kappa shape index (κ2) is 21.3. The van der Waals surface area contributed by atoms with Gasteiger partial charge in [0, 0.05) is 69.2 Å². The molecule has 6 heterocycles. The van der Waals surface area contributed by atoms with Gasteiger partial charge in [-0.15, -0.1) is 0 Å². The number of nitrogens with zero attached hydrogens (tertiary/aromatic N) is 6. The zero-order chi connectivity index (χ0) is 47.9. The number of carbonyl (C=O) groups excluding carboxylic acids is 6. The zero-order valence-electron chi connectivity index (χ0n) is 37.9. The highest BCUT2D eigenvalue weighted by molar-refractivity contribution is 6.25. The third-order valence-electron chi connectivity index (χ3n) is 12.5. The number of nitrogens with two attached hydrogens (primary N) is 1. The van der Waals surface area contributed by atoms with Crippen molar-refractivity contribution in [2.45, 2.75) is 57.2 Å². The van der Waals surface area contributed by atoms with Gasteiger partial charge in [0.15, 0.2) is 11.4 Å². The summed E-state index contributed by atoms with van der Waals surface area (Å²) >= 11 is 0.